The van der Waals surface area contributed by atoms with E-state index in [-0.39, 0.29) is 11.6 Å². The molecule has 0 aliphatic carbocycles. The van der Waals surface area contributed by atoms with Gasteiger partial charge in [0, 0.05) is 20.6 Å². The Morgan fingerprint density at radius 1 is 1.50 bits per heavy atom. The molecule has 0 bridgehead atoms. The van der Waals surface area contributed by atoms with E-state index in [0.717, 1.165) is 0 Å². The van der Waals surface area contributed by atoms with Crippen molar-refractivity contribution in [2.24, 2.45) is 0 Å². The van der Waals surface area contributed by atoms with Gasteiger partial charge in [-0.05, 0) is 0 Å². The molecule has 2 N–H and O–H groups in total. The van der Waals surface area contributed by atoms with Crippen LogP contribution in [0.1, 0.15) is 0 Å². The van der Waals surface area contributed by atoms with Crippen molar-refractivity contribution in [3.63, 3.8) is 0 Å². The lowest BCUT2D eigenvalue weighted by Gasteiger charge is -2.29. The summed E-state index contributed by atoms with van der Waals surface area (Å²) < 4.78 is 44.0. The Bertz CT molecular complexity index is 367. The predicted molar refractivity (Wildman–Crippen MR) is 57.8 cm³/mol. The second-order valence-corrected chi connectivity index (χ2v) is 5.56. The van der Waals surface area contributed by atoms with Crippen molar-refractivity contribution >= 4 is 21.2 Å². The lowest BCUT2D eigenvalue weighted by atomic mass is 10.7. The third kappa shape index (κ3) is 5.53. The number of hydrazine groups is 1. The minimum atomic E-state index is -4.06. The van der Waals surface area contributed by atoms with E-state index in [2.05, 4.69) is 10.9 Å². The molecule has 8 nitrogen and oxygen atoms in total. The normalized spacial score (nSPS) is 13.8. The smallest absolute Gasteiger partial charge is 0.266 e. The topological polar surface area (TPSA) is 107 Å². The molecule has 0 amide bonds. The largest absolute Gasteiger partial charge is 0.299 e. The molecule has 1 atom stereocenters. The molecular weight excluding hydrogens is 260 g/mol. The Morgan fingerprint density at radius 2 is 2.00 bits per heavy atom. The third-order valence-corrected chi connectivity index (χ3v) is 3.29. The summed E-state index contributed by atoms with van der Waals surface area (Å²) in [6.45, 7) is 3.35. The quantitative estimate of drug-likeness (QED) is 0.356. The molecule has 16 heavy (non-hydrogen) atoms. The summed E-state index contributed by atoms with van der Waals surface area (Å²) in [6.07, 6.45) is 0. The summed E-state index contributed by atoms with van der Waals surface area (Å²) >= 11 is -2.11. The van der Waals surface area contributed by atoms with Gasteiger partial charge in [0.2, 0.25) is 11.1 Å². The number of nitrogens with zero attached hydrogens (tertiary/aromatic N) is 2. The lowest BCUT2D eigenvalue weighted by Crippen LogP contribution is -2.39. The molecule has 0 fully saturated rings. The number of hydrogen-bond acceptors (Lipinski definition) is 7. The van der Waals surface area contributed by atoms with Crippen molar-refractivity contribution in [2.75, 3.05) is 26.4 Å². The second kappa shape index (κ2) is 6.27. The van der Waals surface area contributed by atoms with Crippen LogP contribution in [0.3, 0.4) is 0 Å². The average molecular weight is 274 g/mol. The zero-order valence-electron chi connectivity index (χ0n) is 8.86. The first-order valence-electron chi connectivity index (χ1n) is 4.01. The van der Waals surface area contributed by atoms with Gasteiger partial charge in [-0.25, -0.2) is 14.5 Å². The highest BCUT2D eigenvalue weighted by molar-refractivity contribution is 7.85. The van der Waals surface area contributed by atoms with Crippen LogP contribution in [0.4, 0.5) is 0 Å². The molecule has 0 aromatic rings. The van der Waals surface area contributed by atoms with Gasteiger partial charge in [-0.1, -0.05) is 6.58 Å². The van der Waals surface area contributed by atoms with Crippen molar-refractivity contribution in [3.05, 3.63) is 11.6 Å². The Morgan fingerprint density at radius 3 is 2.38 bits per heavy atom. The fourth-order valence-electron chi connectivity index (χ4n) is 0.739. The van der Waals surface area contributed by atoms with Crippen LogP contribution in [0.2, 0.25) is 0 Å². The van der Waals surface area contributed by atoms with Crippen molar-refractivity contribution in [1.82, 2.24) is 10.0 Å². The van der Waals surface area contributed by atoms with Gasteiger partial charge in [-0.3, -0.25) is 9.56 Å². The molecule has 96 valence electrons. The zero-order valence-corrected chi connectivity index (χ0v) is 10.5. The molecule has 0 heterocycles. The summed E-state index contributed by atoms with van der Waals surface area (Å²) in [5, 5.41) is 10.7. The first kappa shape index (κ1) is 15.5. The van der Waals surface area contributed by atoms with Crippen LogP contribution in [0.5, 0.6) is 0 Å². The van der Waals surface area contributed by atoms with Crippen molar-refractivity contribution in [1.29, 1.82) is 0 Å². The minimum absolute atomic E-state index is 0.0308. The molecule has 10 heteroatoms. The Labute approximate surface area is 96.4 Å². The highest BCUT2D eigenvalue weighted by atomic mass is 32.2. The van der Waals surface area contributed by atoms with Gasteiger partial charge in [0.15, 0.2) is 0 Å². The van der Waals surface area contributed by atoms with Crippen LogP contribution in [-0.2, 0) is 25.5 Å². The van der Waals surface area contributed by atoms with Crippen LogP contribution in [0.25, 0.3) is 0 Å². The summed E-state index contributed by atoms with van der Waals surface area (Å²) in [6, 6.07) is 0. The molecular formula is C6H14N2O6S2. The molecule has 0 aromatic heterocycles. The average Bonchev–Trinajstić information content (AvgIpc) is 2.21. The van der Waals surface area contributed by atoms with E-state index < -0.39 is 27.0 Å². The number of hydrogen-bond donors (Lipinski definition) is 2. The van der Waals surface area contributed by atoms with Crippen molar-refractivity contribution in [2.45, 2.75) is 0 Å². The Kier molecular flexibility index (Phi) is 6.07. The second-order valence-electron chi connectivity index (χ2n) is 2.89. The summed E-state index contributed by atoms with van der Waals surface area (Å²) in [4.78, 5) is 0. The van der Waals surface area contributed by atoms with Gasteiger partial charge in [0.1, 0.15) is 5.03 Å². The lowest BCUT2D eigenvalue weighted by molar-refractivity contribution is -0.124. The highest BCUT2D eigenvalue weighted by Crippen LogP contribution is 2.07. The molecule has 0 spiro atoms. The van der Waals surface area contributed by atoms with Gasteiger partial charge < -0.3 is 0 Å². The minimum Gasteiger partial charge on any atom is -0.299 e. The van der Waals surface area contributed by atoms with Crippen LogP contribution in [0.15, 0.2) is 11.6 Å². The molecule has 0 aliphatic rings. The van der Waals surface area contributed by atoms with Crippen LogP contribution in [0, 0.1) is 0 Å². The molecule has 0 radical (unpaired) electrons. The van der Waals surface area contributed by atoms with Gasteiger partial charge in [0.05, 0.1) is 5.75 Å². The Hall–Kier alpha value is -0.520. The van der Waals surface area contributed by atoms with Crippen LogP contribution >= 0.6 is 0 Å². The molecule has 1 unspecified atom stereocenters. The van der Waals surface area contributed by atoms with E-state index in [1.165, 1.54) is 24.1 Å². The van der Waals surface area contributed by atoms with E-state index in [1.807, 2.05) is 0 Å². The van der Waals surface area contributed by atoms with Crippen LogP contribution in [-0.4, -0.2) is 58.8 Å². The Balaban J connectivity index is 4.34. The SMILES string of the molecule is C=C(N(C)N(C)CCS(=O)(=O)O)S(=O)OO. The van der Waals surface area contributed by atoms with E-state index in [9.17, 15) is 12.6 Å². The molecule has 0 saturated heterocycles. The fraction of sp³-hybridized carbons (Fsp3) is 0.667. The van der Waals surface area contributed by atoms with Gasteiger partial charge in [0.25, 0.3) is 10.1 Å². The first-order chi connectivity index (χ1) is 7.19. The van der Waals surface area contributed by atoms with Gasteiger partial charge >= 0.3 is 0 Å². The maximum Gasteiger partial charge on any atom is 0.266 e. The maximum absolute atomic E-state index is 11.0. The molecule has 0 aliphatic heterocycles. The fourth-order valence-corrected chi connectivity index (χ4v) is 1.67. The third-order valence-electron chi connectivity index (χ3n) is 1.81. The first-order valence-corrected chi connectivity index (χ1v) is 6.70. The summed E-state index contributed by atoms with van der Waals surface area (Å²) in [5.74, 6) is -0.478. The van der Waals surface area contributed by atoms with Crippen molar-refractivity contribution in [3.8, 4) is 0 Å². The number of rotatable bonds is 7. The van der Waals surface area contributed by atoms with E-state index in [1.54, 1.807) is 0 Å². The monoisotopic (exact) mass is 274 g/mol. The standard InChI is InChI=1S/C6H14N2O6S2/c1-6(15(10)14-9)8(3)7(2)4-5-16(11,12)13/h9H,1,4-5H2,2-3H3,(H,11,12,13). The highest BCUT2D eigenvalue weighted by Gasteiger charge is 2.16. The molecule has 0 aromatic carbocycles. The van der Waals surface area contributed by atoms with E-state index in [0.29, 0.717) is 0 Å². The molecule has 0 rings (SSSR count). The van der Waals surface area contributed by atoms with Crippen LogP contribution < -0.4 is 0 Å². The maximum atomic E-state index is 11.0. The van der Waals surface area contributed by atoms with E-state index >= 15 is 0 Å². The van der Waals surface area contributed by atoms with Gasteiger partial charge in [-0.2, -0.15) is 8.42 Å². The zero-order chi connectivity index (χ0) is 12.9. The predicted octanol–water partition coefficient (Wildman–Crippen LogP) is -0.723. The summed E-state index contributed by atoms with van der Waals surface area (Å²) in [5.41, 5.74) is 0. The van der Waals surface area contributed by atoms with Gasteiger partial charge in [-0.15, -0.1) is 4.33 Å². The summed E-state index contributed by atoms with van der Waals surface area (Å²) in [7, 11) is -1.12. The van der Waals surface area contributed by atoms with E-state index in [4.69, 9.17) is 9.81 Å². The molecule has 0 saturated carbocycles. The van der Waals surface area contributed by atoms with Crippen molar-refractivity contribution < 1.29 is 26.8 Å².